The highest BCUT2D eigenvalue weighted by molar-refractivity contribution is 5.91. The highest BCUT2D eigenvalue weighted by atomic mass is 16.2. The topological polar surface area (TPSA) is 96.8 Å². The van der Waals surface area contributed by atoms with Crippen LogP contribution in [0.5, 0.6) is 0 Å². The van der Waals surface area contributed by atoms with Crippen molar-refractivity contribution >= 4 is 23.7 Å². The Balaban J connectivity index is 1.47. The molecule has 8 nitrogen and oxygen atoms in total. The van der Waals surface area contributed by atoms with Crippen molar-refractivity contribution in [2.75, 3.05) is 18.4 Å². The third-order valence-electron chi connectivity index (χ3n) is 4.75. The standard InChI is InChI=1S/C21H21N7O/c29-18(7-6-16-4-1-8-22-14-16)28-13-2-5-17(15-28)19-20(24-12-11-23-19)27-21-25-9-3-10-26-21/h1,3-4,6-12,14,17H,2,5,13,15H2,(H,24,25,26,27)/b7-6+/t17-/m1/s1. The summed E-state index contributed by atoms with van der Waals surface area (Å²) in [4.78, 5) is 35.9. The van der Waals surface area contributed by atoms with E-state index in [9.17, 15) is 4.79 Å². The van der Waals surface area contributed by atoms with Crippen LogP contribution < -0.4 is 5.32 Å². The molecule has 0 spiro atoms. The van der Waals surface area contributed by atoms with Crippen LogP contribution in [-0.2, 0) is 4.79 Å². The number of nitrogens with zero attached hydrogens (tertiary/aromatic N) is 6. The molecule has 1 saturated heterocycles. The van der Waals surface area contributed by atoms with Crippen molar-refractivity contribution in [3.05, 3.63) is 72.7 Å². The average Bonchev–Trinajstić information content (AvgIpc) is 2.79. The van der Waals surface area contributed by atoms with Crippen molar-refractivity contribution in [2.45, 2.75) is 18.8 Å². The number of carbonyl (C=O) groups excluding carboxylic acids is 1. The summed E-state index contributed by atoms with van der Waals surface area (Å²) >= 11 is 0. The summed E-state index contributed by atoms with van der Waals surface area (Å²) in [5.74, 6) is 1.18. The molecule has 1 fully saturated rings. The minimum absolute atomic E-state index is 0.0108. The molecule has 3 aromatic rings. The van der Waals surface area contributed by atoms with Crippen LogP contribution in [0.2, 0.25) is 0 Å². The van der Waals surface area contributed by atoms with Gasteiger partial charge in [0.1, 0.15) is 0 Å². The molecule has 1 amide bonds. The first kappa shape index (κ1) is 18.7. The third kappa shape index (κ3) is 4.78. The van der Waals surface area contributed by atoms with Gasteiger partial charge in [-0.2, -0.15) is 0 Å². The van der Waals surface area contributed by atoms with Gasteiger partial charge in [-0.15, -0.1) is 0 Å². The van der Waals surface area contributed by atoms with Gasteiger partial charge < -0.3 is 10.2 Å². The van der Waals surface area contributed by atoms with Crippen molar-refractivity contribution in [3.8, 4) is 0 Å². The van der Waals surface area contributed by atoms with Crippen molar-refractivity contribution in [1.29, 1.82) is 0 Å². The lowest BCUT2D eigenvalue weighted by molar-refractivity contribution is -0.127. The number of amides is 1. The second-order valence-corrected chi connectivity index (χ2v) is 6.73. The number of hydrogen-bond acceptors (Lipinski definition) is 7. The first-order valence-corrected chi connectivity index (χ1v) is 9.51. The predicted octanol–water partition coefficient (Wildman–Crippen LogP) is 2.82. The molecule has 146 valence electrons. The summed E-state index contributed by atoms with van der Waals surface area (Å²) in [7, 11) is 0. The molecule has 4 heterocycles. The zero-order valence-corrected chi connectivity index (χ0v) is 15.8. The van der Waals surface area contributed by atoms with E-state index in [-0.39, 0.29) is 11.8 Å². The minimum atomic E-state index is -0.0108. The molecule has 29 heavy (non-hydrogen) atoms. The molecule has 8 heteroatoms. The van der Waals surface area contributed by atoms with Crippen LogP contribution in [0.4, 0.5) is 11.8 Å². The predicted molar refractivity (Wildman–Crippen MR) is 109 cm³/mol. The molecule has 1 atom stereocenters. The Labute approximate surface area is 168 Å². The molecular formula is C21H21N7O. The highest BCUT2D eigenvalue weighted by Crippen LogP contribution is 2.30. The van der Waals surface area contributed by atoms with Crippen LogP contribution >= 0.6 is 0 Å². The lowest BCUT2D eigenvalue weighted by Gasteiger charge is -2.32. The van der Waals surface area contributed by atoms with E-state index in [1.54, 1.807) is 55.4 Å². The fourth-order valence-corrected chi connectivity index (χ4v) is 3.36. The number of aromatic nitrogens is 5. The van der Waals surface area contributed by atoms with Gasteiger partial charge in [-0.05, 0) is 36.6 Å². The molecule has 0 aromatic carbocycles. The summed E-state index contributed by atoms with van der Waals surface area (Å²) in [6.45, 7) is 1.33. The molecule has 4 rings (SSSR count). The molecule has 0 bridgehead atoms. The van der Waals surface area contributed by atoms with E-state index in [2.05, 4.69) is 30.2 Å². The van der Waals surface area contributed by atoms with Crippen molar-refractivity contribution < 1.29 is 4.79 Å². The van der Waals surface area contributed by atoms with Crippen LogP contribution in [0.3, 0.4) is 0 Å². The van der Waals surface area contributed by atoms with Gasteiger partial charge in [0, 0.05) is 62.3 Å². The molecule has 1 aliphatic heterocycles. The van der Waals surface area contributed by atoms with E-state index >= 15 is 0 Å². The smallest absolute Gasteiger partial charge is 0.246 e. The van der Waals surface area contributed by atoms with Crippen LogP contribution in [-0.4, -0.2) is 48.8 Å². The average molecular weight is 387 g/mol. The SMILES string of the molecule is O=C(/C=C/c1cccnc1)N1CCC[C@@H](c2nccnc2Nc2ncccn2)C1. The maximum absolute atomic E-state index is 12.7. The Bertz CT molecular complexity index is 979. The van der Waals surface area contributed by atoms with Crippen LogP contribution in [0.25, 0.3) is 6.08 Å². The van der Waals surface area contributed by atoms with Crippen LogP contribution in [0, 0.1) is 0 Å². The van der Waals surface area contributed by atoms with Crippen LogP contribution in [0.1, 0.15) is 30.0 Å². The zero-order chi connectivity index (χ0) is 19.9. The fourth-order valence-electron chi connectivity index (χ4n) is 3.36. The first-order chi connectivity index (χ1) is 14.3. The molecule has 0 radical (unpaired) electrons. The van der Waals surface area contributed by atoms with Gasteiger partial charge in [-0.1, -0.05) is 6.07 Å². The quantitative estimate of drug-likeness (QED) is 0.672. The first-order valence-electron chi connectivity index (χ1n) is 9.51. The largest absolute Gasteiger partial charge is 0.338 e. The summed E-state index contributed by atoms with van der Waals surface area (Å²) in [5.41, 5.74) is 1.73. The minimum Gasteiger partial charge on any atom is -0.338 e. The van der Waals surface area contributed by atoms with Gasteiger partial charge in [-0.3, -0.25) is 14.8 Å². The Kier molecular flexibility index (Phi) is 5.80. The molecule has 0 aliphatic carbocycles. The van der Waals surface area contributed by atoms with Gasteiger partial charge in [0.15, 0.2) is 5.82 Å². The van der Waals surface area contributed by atoms with Gasteiger partial charge in [0.2, 0.25) is 11.9 Å². The number of anilines is 2. The zero-order valence-electron chi connectivity index (χ0n) is 15.8. The van der Waals surface area contributed by atoms with Gasteiger partial charge >= 0.3 is 0 Å². The van der Waals surface area contributed by atoms with Crippen LogP contribution in [0.15, 0.2) is 61.5 Å². The number of likely N-dealkylation sites (tertiary alicyclic amines) is 1. The highest BCUT2D eigenvalue weighted by Gasteiger charge is 2.27. The number of piperidine rings is 1. The summed E-state index contributed by atoms with van der Waals surface area (Å²) < 4.78 is 0. The molecule has 0 unspecified atom stereocenters. The van der Waals surface area contributed by atoms with Gasteiger partial charge in [0.05, 0.1) is 5.69 Å². The number of pyridine rings is 1. The number of carbonyl (C=O) groups is 1. The molecule has 3 aromatic heterocycles. The lowest BCUT2D eigenvalue weighted by atomic mass is 9.94. The van der Waals surface area contributed by atoms with Gasteiger partial charge in [-0.25, -0.2) is 15.0 Å². The van der Waals surface area contributed by atoms with E-state index in [0.717, 1.165) is 30.6 Å². The molecule has 1 N–H and O–H groups in total. The van der Waals surface area contributed by atoms with E-state index in [0.29, 0.717) is 18.3 Å². The van der Waals surface area contributed by atoms with Crippen molar-refractivity contribution in [1.82, 2.24) is 29.8 Å². The second kappa shape index (κ2) is 9.01. The summed E-state index contributed by atoms with van der Waals surface area (Å²) in [6, 6.07) is 5.52. The number of rotatable bonds is 5. The maximum Gasteiger partial charge on any atom is 0.246 e. The Morgan fingerprint density at radius 1 is 1.07 bits per heavy atom. The maximum atomic E-state index is 12.7. The van der Waals surface area contributed by atoms with Crippen molar-refractivity contribution in [2.24, 2.45) is 0 Å². The van der Waals surface area contributed by atoms with Crippen molar-refractivity contribution in [3.63, 3.8) is 0 Å². The van der Waals surface area contributed by atoms with E-state index in [4.69, 9.17) is 0 Å². The summed E-state index contributed by atoms with van der Waals surface area (Å²) in [5, 5.41) is 3.14. The Hall–Kier alpha value is -3.68. The molecular weight excluding hydrogens is 366 g/mol. The second-order valence-electron chi connectivity index (χ2n) is 6.73. The normalized spacial score (nSPS) is 16.7. The van der Waals surface area contributed by atoms with E-state index < -0.39 is 0 Å². The third-order valence-corrected chi connectivity index (χ3v) is 4.75. The molecule has 1 aliphatic rings. The fraction of sp³-hybridized carbons (Fsp3) is 0.238. The van der Waals surface area contributed by atoms with Gasteiger partial charge in [0.25, 0.3) is 0 Å². The van der Waals surface area contributed by atoms with E-state index in [1.807, 2.05) is 17.0 Å². The van der Waals surface area contributed by atoms with E-state index in [1.165, 1.54) is 0 Å². The number of nitrogens with one attached hydrogen (secondary N) is 1. The number of hydrogen-bond donors (Lipinski definition) is 1. The monoisotopic (exact) mass is 387 g/mol. The Morgan fingerprint density at radius 3 is 2.76 bits per heavy atom. The Morgan fingerprint density at radius 2 is 1.93 bits per heavy atom. The summed E-state index contributed by atoms with van der Waals surface area (Å²) in [6.07, 6.45) is 15.3. The lowest BCUT2D eigenvalue weighted by Crippen LogP contribution is -2.38. The molecule has 0 saturated carbocycles.